The largest absolute Gasteiger partial charge is 0.310 e. The van der Waals surface area contributed by atoms with E-state index >= 15 is 0 Å². The minimum Gasteiger partial charge on any atom is -0.310 e. The summed E-state index contributed by atoms with van der Waals surface area (Å²) in [6.07, 6.45) is 9.12. The van der Waals surface area contributed by atoms with E-state index in [-0.39, 0.29) is 0 Å². The quantitative estimate of drug-likeness (QED) is 0.729. The van der Waals surface area contributed by atoms with Crippen LogP contribution in [0.15, 0.2) is 0 Å². The van der Waals surface area contributed by atoms with Gasteiger partial charge in [-0.2, -0.15) is 11.8 Å². The van der Waals surface area contributed by atoms with Crippen LogP contribution in [0.3, 0.4) is 0 Å². The molecule has 1 fully saturated rings. The second kappa shape index (κ2) is 6.73. The lowest BCUT2D eigenvalue weighted by molar-refractivity contribution is 0.427. The Morgan fingerprint density at radius 1 is 1.36 bits per heavy atom. The first-order valence-corrected chi connectivity index (χ1v) is 7.44. The summed E-state index contributed by atoms with van der Waals surface area (Å²) in [5, 5.41) is 3.81. The topological polar surface area (TPSA) is 12.0 Å². The summed E-state index contributed by atoms with van der Waals surface area (Å²) in [7, 11) is 0. The molecule has 0 radical (unpaired) electrons. The summed E-state index contributed by atoms with van der Waals surface area (Å²) in [5.74, 6) is 2.27. The summed E-state index contributed by atoms with van der Waals surface area (Å²) in [6.45, 7) is 4.62. The van der Waals surface area contributed by atoms with E-state index in [1.54, 1.807) is 0 Å². The van der Waals surface area contributed by atoms with E-state index in [2.05, 4.69) is 25.4 Å². The third-order valence-electron chi connectivity index (χ3n) is 3.45. The Bertz CT molecular complexity index is 149. The summed E-state index contributed by atoms with van der Waals surface area (Å²) < 4.78 is 0. The van der Waals surface area contributed by atoms with Crippen molar-refractivity contribution in [1.29, 1.82) is 0 Å². The molecule has 0 aromatic rings. The molecule has 84 valence electrons. The van der Waals surface area contributed by atoms with Gasteiger partial charge in [0.1, 0.15) is 0 Å². The number of rotatable bonds is 6. The maximum Gasteiger partial charge on any atom is 0.0158 e. The first kappa shape index (κ1) is 12.4. The number of thioether (sulfide) groups is 1. The van der Waals surface area contributed by atoms with Crippen LogP contribution in [0.4, 0.5) is 0 Å². The van der Waals surface area contributed by atoms with E-state index in [0.29, 0.717) is 0 Å². The van der Waals surface area contributed by atoms with Crippen LogP contribution in [0, 0.1) is 5.92 Å². The van der Waals surface area contributed by atoms with Gasteiger partial charge in [0.2, 0.25) is 0 Å². The van der Waals surface area contributed by atoms with Gasteiger partial charge in [-0.05, 0) is 37.9 Å². The predicted octanol–water partition coefficient (Wildman–Crippen LogP) is 3.30. The molecule has 1 N–H and O–H groups in total. The molecule has 14 heavy (non-hydrogen) atoms. The zero-order valence-electron chi connectivity index (χ0n) is 9.88. The first-order valence-electron chi connectivity index (χ1n) is 6.05. The molecular formula is C12H25NS. The van der Waals surface area contributed by atoms with Gasteiger partial charge >= 0.3 is 0 Å². The second-order valence-corrected chi connectivity index (χ2v) is 5.42. The Kier molecular flexibility index (Phi) is 5.95. The van der Waals surface area contributed by atoms with E-state index in [4.69, 9.17) is 0 Å². The Morgan fingerprint density at radius 3 is 2.64 bits per heavy atom. The zero-order valence-corrected chi connectivity index (χ0v) is 10.7. The van der Waals surface area contributed by atoms with Gasteiger partial charge in [0.15, 0.2) is 0 Å². The normalized spacial score (nSPS) is 29.4. The fourth-order valence-electron chi connectivity index (χ4n) is 2.42. The van der Waals surface area contributed by atoms with Crippen LogP contribution >= 0.6 is 11.8 Å². The number of hydrogen-bond acceptors (Lipinski definition) is 2. The molecule has 0 amide bonds. The van der Waals surface area contributed by atoms with Gasteiger partial charge in [-0.25, -0.2) is 0 Å². The standard InChI is InChI=1S/C12H25NS/c1-4-10-6-7-12(8-10)13-11(5-2)9-14-3/h10-13H,4-9H2,1-3H3. The summed E-state index contributed by atoms with van der Waals surface area (Å²) in [5.41, 5.74) is 0. The molecule has 3 atom stereocenters. The van der Waals surface area contributed by atoms with Gasteiger partial charge in [-0.3, -0.25) is 0 Å². The zero-order chi connectivity index (χ0) is 10.4. The molecule has 1 aliphatic rings. The van der Waals surface area contributed by atoms with Crippen molar-refractivity contribution < 1.29 is 0 Å². The van der Waals surface area contributed by atoms with Crippen molar-refractivity contribution >= 4 is 11.8 Å². The van der Waals surface area contributed by atoms with Gasteiger partial charge < -0.3 is 5.32 Å². The molecule has 1 nitrogen and oxygen atoms in total. The van der Waals surface area contributed by atoms with Crippen LogP contribution < -0.4 is 5.32 Å². The molecule has 1 saturated carbocycles. The van der Waals surface area contributed by atoms with Crippen molar-refractivity contribution in [3.63, 3.8) is 0 Å². The molecule has 0 heterocycles. The molecule has 2 heteroatoms. The van der Waals surface area contributed by atoms with E-state index in [0.717, 1.165) is 18.0 Å². The van der Waals surface area contributed by atoms with E-state index in [1.165, 1.54) is 37.9 Å². The molecule has 0 spiro atoms. The highest BCUT2D eigenvalue weighted by atomic mass is 32.2. The van der Waals surface area contributed by atoms with Gasteiger partial charge in [0, 0.05) is 17.8 Å². The third-order valence-corrected chi connectivity index (χ3v) is 4.19. The van der Waals surface area contributed by atoms with Crippen LogP contribution in [0.5, 0.6) is 0 Å². The Balaban J connectivity index is 2.22. The maximum absolute atomic E-state index is 3.81. The molecular weight excluding hydrogens is 190 g/mol. The highest BCUT2D eigenvalue weighted by molar-refractivity contribution is 7.98. The number of hydrogen-bond donors (Lipinski definition) is 1. The summed E-state index contributed by atoms with van der Waals surface area (Å²) in [4.78, 5) is 0. The van der Waals surface area contributed by atoms with E-state index in [9.17, 15) is 0 Å². The van der Waals surface area contributed by atoms with Crippen molar-refractivity contribution in [1.82, 2.24) is 5.32 Å². The van der Waals surface area contributed by atoms with Crippen molar-refractivity contribution in [3.8, 4) is 0 Å². The lowest BCUT2D eigenvalue weighted by Crippen LogP contribution is -2.38. The third kappa shape index (κ3) is 3.82. The first-order chi connectivity index (χ1) is 6.80. The van der Waals surface area contributed by atoms with Crippen LogP contribution in [0.2, 0.25) is 0 Å². The smallest absolute Gasteiger partial charge is 0.0158 e. The minimum absolute atomic E-state index is 0.741. The highest BCUT2D eigenvalue weighted by Gasteiger charge is 2.24. The molecule has 1 aliphatic carbocycles. The Hall–Kier alpha value is 0.310. The van der Waals surface area contributed by atoms with Gasteiger partial charge in [0.05, 0.1) is 0 Å². The molecule has 3 unspecified atom stereocenters. The van der Waals surface area contributed by atoms with Crippen LogP contribution in [-0.4, -0.2) is 24.1 Å². The van der Waals surface area contributed by atoms with Crippen molar-refractivity contribution in [3.05, 3.63) is 0 Å². The molecule has 0 aromatic carbocycles. The SMILES string of the molecule is CCC1CCC(NC(CC)CSC)C1. The monoisotopic (exact) mass is 215 g/mol. The summed E-state index contributed by atoms with van der Waals surface area (Å²) in [6, 6.07) is 1.56. The van der Waals surface area contributed by atoms with Crippen LogP contribution in [0.25, 0.3) is 0 Å². The van der Waals surface area contributed by atoms with Crippen molar-refractivity contribution in [2.45, 2.75) is 58.0 Å². The molecule has 0 bridgehead atoms. The van der Waals surface area contributed by atoms with Crippen LogP contribution in [0.1, 0.15) is 46.0 Å². The minimum atomic E-state index is 0.741. The van der Waals surface area contributed by atoms with Gasteiger partial charge in [-0.1, -0.05) is 20.3 Å². The van der Waals surface area contributed by atoms with E-state index in [1.807, 2.05) is 11.8 Å². The molecule has 0 saturated heterocycles. The average molecular weight is 215 g/mol. The average Bonchev–Trinajstić information content (AvgIpc) is 2.65. The number of nitrogens with one attached hydrogen (secondary N) is 1. The lowest BCUT2D eigenvalue weighted by atomic mass is 10.1. The fourth-order valence-corrected chi connectivity index (χ4v) is 3.15. The van der Waals surface area contributed by atoms with Crippen molar-refractivity contribution in [2.75, 3.05) is 12.0 Å². The highest BCUT2D eigenvalue weighted by Crippen LogP contribution is 2.28. The fraction of sp³-hybridized carbons (Fsp3) is 1.00. The predicted molar refractivity (Wildman–Crippen MR) is 67.0 cm³/mol. The van der Waals surface area contributed by atoms with Gasteiger partial charge in [0.25, 0.3) is 0 Å². The Labute approximate surface area is 93.4 Å². The second-order valence-electron chi connectivity index (χ2n) is 4.51. The maximum atomic E-state index is 3.81. The van der Waals surface area contributed by atoms with Crippen molar-refractivity contribution in [2.24, 2.45) is 5.92 Å². The summed E-state index contributed by atoms with van der Waals surface area (Å²) >= 11 is 1.96. The Morgan fingerprint density at radius 2 is 2.14 bits per heavy atom. The van der Waals surface area contributed by atoms with Gasteiger partial charge in [-0.15, -0.1) is 0 Å². The van der Waals surface area contributed by atoms with E-state index < -0.39 is 0 Å². The molecule has 0 aromatic heterocycles. The lowest BCUT2D eigenvalue weighted by Gasteiger charge is -2.21. The molecule has 0 aliphatic heterocycles. The van der Waals surface area contributed by atoms with Crippen LogP contribution in [-0.2, 0) is 0 Å². The molecule has 1 rings (SSSR count).